The zero-order valence-corrected chi connectivity index (χ0v) is 12.4. The van der Waals surface area contributed by atoms with Crippen LogP contribution in [0, 0.1) is 11.6 Å². The van der Waals surface area contributed by atoms with Gasteiger partial charge in [-0.25, -0.2) is 8.78 Å². The van der Waals surface area contributed by atoms with Gasteiger partial charge in [-0.15, -0.1) is 0 Å². The number of carbonyl (C=O) groups excluding carboxylic acids is 2. The molecule has 0 amide bonds. The van der Waals surface area contributed by atoms with Gasteiger partial charge in [0, 0.05) is 11.8 Å². The van der Waals surface area contributed by atoms with Crippen LogP contribution >= 0.6 is 0 Å². The largest absolute Gasteiger partial charge is 0.288 e. The van der Waals surface area contributed by atoms with Crippen LogP contribution in [0.4, 0.5) is 8.78 Å². The van der Waals surface area contributed by atoms with Gasteiger partial charge >= 0.3 is 0 Å². The maximum atomic E-state index is 13.7. The van der Waals surface area contributed by atoms with E-state index in [0.717, 1.165) is 0 Å². The summed E-state index contributed by atoms with van der Waals surface area (Å²) in [4.78, 5) is 28.4. The monoisotopic (exact) mass is 323 g/mol. The standard InChI is InChI=1S/C19H11F2NO2/c20-15-7-3-1-5-13(15)18(23)12-9-10-17(22-11-12)19(24)14-6-2-4-8-16(14)21/h1-11H. The first kappa shape index (κ1) is 15.7. The van der Waals surface area contributed by atoms with Gasteiger partial charge in [0.15, 0.2) is 5.78 Å². The predicted molar refractivity (Wildman–Crippen MR) is 83.9 cm³/mol. The molecule has 0 unspecified atom stereocenters. The lowest BCUT2D eigenvalue weighted by molar-refractivity contribution is 0.102. The second kappa shape index (κ2) is 6.50. The molecule has 0 fully saturated rings. The first-order valence-electron chi connectivity index (χ1n) is 7.12. The highest BCUT2D eigenvalue weighted by Crippen LogP contribution is 2.15. The van der Waals surface area contributed by atoms with Crippen LogP contribution in [0.1, 0.15) is 32.0 Å². The van der Waals surface area contributed by atoms with Gasteiger partial charge in [0.1, 0.15) is 17.3 Å². The van der Waals surface area contributed by atoms with E-state index in [9.17, 15) is 18.4 Å². The summed E-state index contributed by atoms with van der Waals surface area (Å²) in [6.45, 7) is 0. The highest BCUT2D eigenvalue weighted by molar-refractivity contribution is 6.10. The van der Waals surface area contributed by atoms with Crippen LogP contribution in [-0.2, 0) is 0 Å². The van der Waals surface area contributed by atoms with E-state index in [1.54, 1.807) is 12.1 Å². The summed E-state index contributed by atoms with van der Waals surface area (Å²) in [5.41, 5.74) is -0.0268. The Bertz CT molecular complexity index is 844. The summed E-state index contributed by atoms with van der Waals surface area (Å²) in [5.74, 6) is -2.40. The minimum absolute atomic E-state index is 0.00480. The molecular weight excluding hydrogens is 312 g/mol. The van der Waals surface area contributed by atoms with Gasteiger partial charge in [-0.3, -0.25) is 14.6 Å². The predicted octanol–water partition coefficient (Wildman–Crippen LogP) is 3.82. The average molecular weight is 323 g/mol. The van der Waals surface area contributed by atoms with Gasteiger partial charge in [0.2, 0.25) is 5.78 Å². The van der Waals surface area contributed by atoms with Crippen LogP contribution in [0.25, 0.3) is 0 Å². The van der Waals surface area contributed by atoms with Crippen molar-refractivity contribution in [1.29, 1.82) is 0 Å². The lowest BCUT2D eigenvalue weighted by Crippen LogP contribution is -2.09. The van der Waals surface area contributed by atoms with Crippen molar-refractivity contribution in [3.05, 3.63) is 101 Å². The van der Waals surface area contributed by atoms with E-state index < -0.39 is 23.2 Å². The molecule has 0 atom stereocenters. The first-order valence-corrected chi connectivity index (χ1v) is 7.12. The minimum Gasteiger partial charge on any atom is -0.288 e. The number of halogens is 2. The van der Waals surface area contributed by atoms with Gasteiger partial charge in [-0.05, 0) is 36.4 Å². The Balaban J connectivity index is 1.89. The summed E-state index contributed by atoms with van der Waals surface area (Å²) in [5, 5.41) is 0. The highest BCUT2D eigenvalue weighted by Gasteiger charge is 2.17. The fraction of sp³-hybridized carbons (Fsp3) is 0. The summed E-state index contributed by atoms with van der Waals surface area (Å²) < 4.78 is 27.3. The lowest BCUT2D eigenvalue weighted by Gasteiger charge is -2.04. The number of aromatic nitrogens is 1. The molecule has 2 aromatic carbocycles. The lowest BCUT2D eigenvalue weighted by atomic mass is 10.0. The summed E-state index contributed by atoms with van der Waals surface area (Å²) in [7, 11) is 0. The maximum absolute atomic E-state index is 13.7. The quantitative estimate of drug-likeness (QED) is 0.686. The molecule has 3 rings (SSSR count). The second-order valence-electron chi connectivity index (χ2n) is 5.05. The molecule has 5 heteroatoms. The Kier molecular flexibility index (Phi) is 4.24. The van der Waals surface area contributed by atoms with E-state index in [-0.39, 0.29) is 22.4 Å². The molecular formula is C19H11F2NO2. The van der Waals surface area contributed by atoms with E-state index in [2.05, 4.69) is 4.98 Å². The molecule has 0 bridgehead atoms. The van der Waals surface area contributed by atoms with Crippen LogP contribution in [0.5, 0.6) is 0 Å². The topological polar surface area (TPSA) is 47.0 Å². The molecule has 0 spiro atoms. The molecule has 118 valence electrons. The SMILES string of the molecule is O=C(c1ccc(C(=O)c2ccccc2F)nc1)c1ccccc1F. The molecule has 0 aliphatic carbocycles. The van der Waals surface area contributed by atoms with Crippen LogP contribution in [0.15, 0.2) is 66.9 Å². The van der Waals surface area contributed by atoms with Crippen molar-refractivity contribution in [2.75, 3.05) is 0 Å². The van der Waals surface area contributed by atoms with Gasteiger partial charge in [0.05, 0.1) is 11.1 Å². The molecule has 0 radical (unpaired) electrons. The van der Waals surface area contributed by atoms with E-state index in [1.165, 1.54) is 54.7 Å². The second-order valence-corrected chi connectivity index (χ2v) is 5.05. The Morgan fingerprint density at radius 3 is 1.75 bits per heavy atom. The molecule has 3 nitrogen and oxygen atoms in total. The smallest absolute Gasteiger partial charge is 0.214 e. The Morgan fingerprint density at radius 2 is 1.25 bits per heavy atom. The number of hydrogen-bond acceptors (Lipinski definition) is 3. The van der Waals surface area contributed by atoms with Crippen molar-refractivity contribution in [2.24, 2.45) is 0 Å². The summed E-state index contributed by atoms with van der Waals surface area (Å²) in [6.07, 6.45) is 1.18. The van der Waals surface area contributed by atoms with Crippen LogP contribution in [-0.4, -0.2) is 16.6 Å². The van der Waals surface area contributed by atoms with Crippen molar-refractivity contribution < 1.29 is 18.4 Å². The Morgan fingerprint density at radius 1 is 0.708 bits per heavy atom. The maximum Gasteiger partial charge on any atom is 0.214 e. The number of rotatable bonds is 4. The van der Waals surface area contributed by atoms with Gasteiger partial charge in [0.25, 0.3) is 0 Å². The van der Waals surface area contributed by atoms with Gasteiger partial charge in [-0.2, -0.15) is 0 Å². The van der Waals surface area contributed by atoms with E-state index >= 15 is 0 Å². The molecule has 24 heavy (non-hydrogen) atoms. The first-order chi connectivity index (χ1) is 11.6. The third-order valence-electron chi connectivity index (χ3n) is 3.50. The molecule has 3 aromatic rings. The number of ketones is 2. The fourth-order valence-electron chi connectivity index (χ4n) is 2.25. The van der Waals surface area contributed by atoms with Crippen molar-refractivity contribution in [3.8, 4) is 0 Å². The molecule has 0 aliphatic heterocycles. The van der Waals surface area contributed by atoms with Crippen molar-refractivity contribution in [1.82, 2.24) is 4.98 Å². The van der Waals surface area contributed by atoms with Crippen molar-refractivity contribution in [2.45, 2.75) is 0 Å². The molecule has 0 N–H and O–H groups in total. The highest BCUT2D eigenvalue weighted by atomic mass is 19.1. The number of benzene rings is 2. The summed E-state index contributed by atoms with van der Waals surface area (Å²) >= 11 is 0. The van der Waals surface area contributed by atoms with Gasteiger partial charge in [-0.1, -0.05) is 24.3 Å². The molecule has 0 saturated heterocycles. The molecule has 1 heterocycles. The fourth-order valence-corrected chi connectivity index (χ4v) is 2.25. The van der Waals surface area contributed by atoms with E-state index in [1.807, 2.05) is 0 Å². The number of hydrogen-bond donors (Lipinski definition) is 0. The van der Waals surface area contributed by atoms with Crippen LogP contribution in [0.3, 0.4) is 0 Å². The summed E-state index contributed by atoms with van der Waals surface area (Å²) in [6, 6.07) is 13.9. The van der Waals surface area contributed by atoms with Crippen molar-refractivity contribution >= 4 is 11.6 Å². The Hall–Kier alpha value is -3.21. The average Bonchev–Trinajstić information content (AvgIpc) is 2.61. The molecule has 1 aromatic heterocycles. The van der Waals surface area contributed by atoms with Crippen molar-refractivity contribution in [3.63, 3.8) is 0 Å². The Labute approximate surface area is 136 Å². The van der Waals surface area contributed by atoms with E-state index in [0.29, 0.717) is 0 Å². The van der Waals surface area contributed by atoms with E-state index in [4.69, 9.17) is 0 Å². The van der Waals surface area contributed by atoms with Crippen LogP contribution in [0.2, 0.25) is 0 Å². The number of carbonyl (C=O) groups is 2. The van der Waals surface area contributed by atoms with Gasteiger partial charge < -0.3 is 0 Å². The normalized spacial score (nSPS) is 10.4. The minimum atomic E-state index is -0.643. The van der Waals surface area contributed by atoms with Crippen LogP contribution < -0.4 is 0 Å². The zero-order chi connectivity index (χ0) is 17.1. The third kappa shape index (κ3) is 2.96. The number of nitrogens with zero attached hydrogens (tertiary/aromatic N) is 1. The molecule has 0 aliphatic rings. The zero-order valence-electron chi connectivity index (χ0n) is 12.4. The molecule has 0 saturated carbocycles. The third-order valence-corrected chi connectivity index (χ3v) is 3.50. The number of pyridine rings is 1.